The van der Waals surface area contributed by atoms with Gasteiger partial charge in [0.15, 0.2) is 0 Å². The summed E-state index contributed by atoms with van der Waals surface area (Å²) in [6, 6.07) is 44.3. The summed E-state index contributed by atoms with van der Waals surface area (Å²) in [5, 5.41) is 5.89. The van der Waals surface area contributed by atoms with Gasteiger partial charge in [0.2, 0.25) is 0 Å². The van der Waals surface area contributed by atoms with Crippen molar-refractivity contribution >= 4 is 45.8 Å². The second-order valence-corrected chi connectivity index (χ2v) is 12.2. The van der Waals surface area contributed by atoms with Crippen LogP contribution < -0.4 is 25.4 Å². The maximum Gasteiger partial charge on any atom is 0.147 e. The van der Waals surface area contributed by atoms with Gasteiger partial charge in [-0.1, -0.05) is 97.1 Å². The number of rotatable bonds is 2. The summed E-state index contributed by atoms with van der Waals surface area (Å²) in [5.41, 5.74) is 6.20. The Morgan fingerprint density at radius 1 is 0.450 bits per heavy atom. The Morgan fingerprint density at radius 2 is 1.10 bits per heavy atom. The molecule has 6 aromatic carbocycles. The molecule has 2 aliphatic heterocycles. The van der Waals surface area contributed by atoms with Gasteiger partial charge >= 0.3 is 0 Å². The lowest BCUT2D eigenvalue weighted by Gasteiger charge is -2.35. The lowest BCUT2D eigenvalue weighted by atomic mass is 9.98. The maximum atomic E-state index is 6.65. The van der Waals surface area contributed by atoms with Gasteiger partial charge in [0, 0.05) is 40.4 Å². The van der Waals surface area contributed by atoms with Crippen LogP contribution in [0.2, 0.25) is 0 Å². The molecular weight excluding hydrogens is 511 g/mol. The Bertz CT molecular complexity index is 2110. The fraction of sp³-hybridized carbons (Fsp3) is 0. The summed E-state index contributed by atoms with van der Waals surface area (Å²) >= 11 is 0. The second kappa shape index (κ2) is 8.32. The molecule has 0 amide bonds. The van der Waals surface area contributed by atoms with E-state index in [2.05, 4.69) is 103 Å². The average Bonchev–Trinajstić information content (AvgIpc) is 3.40. The molecule has 0 N–H and O–H groups in total. The van der Waals surface area contributed by atoms with Crippen molar-refractivity contribution in [1.29, 1.82) is 0 Å². The van der Waals surface area contributed by atoms with Crippen molar-refractivity contribution in [2.75, 3.05) is 0 Å². The summed E-state index contributed by atoms with van der Waals surface area (Å²) in [5.74, 6) is 3.63. The molecule has 3 nitrogen and oxygen atoms in total. The molecule has 0 saturated heterocycles. The van der Waals surface area contributed by atoms with E-state index in [0.717, 1.165) is 72.5 Å². The molecule has 0 spiro atoms. The molecule has 188 valence electrons. The van der Waals surface area contributed by atoms with Crippen molar-refractivity contribution < 1.29 is 13.9 Å². The maximum absolute atomic E-state index is 6.65. The van der Waals surface area contributed by atoms with Crippen molar-refractivity contribution in [1.82, 2.24) is 0 Å². The van der Waals surface area contributed by atoms with Gasteiger partial charge in [-0.2, -0.15) is 0 Å². The number of hydrogen-bond acceptors (Lipinski definition) is 3. The smallest absolute Gasteiger partial charge is 0.147 e. The first-order valence-electron chi connectivity index (χ1n) is 13.4. The largest absolute Gasteiger partial charge is 0.456 e. The van der Waals surface area contributed by atoms with E-state index in [0.29, 0.717) is 0 Å². The minimum Gasteiger partial charge on any atom is -0.456 e. The minimum absolute atomic E-state index is 0.793. The number of furan rings is 1. The SMILES string of the molecule is c1ccc2c(c1)Oc1ccc(-c3ccc(-c4cccc5c4oc4ccccc45)cc3)c3c1P2c1ccccc1O3. The van der Waals surface area contributed by atoms with Gasteiger partial charge in [-0.25, -0.2) is 0 Å². The number of hydrogen-bond donors (Lipinski definition) is 0. The molecule has 9 rings (SSSR count). The normalized spacial score (nSPS) is 14.7. The van der Waals surface area contributed by atoms with Crippen LogP contribution in [-0.2, 0) is 0 Å². The van der Waals surface area contributed by atoms with Crippen molar-refractivity contribution in [3.8, 4) is 45.3 Å². The summed E-state index contributed by atoms with van der Waals surface area (Å²) in [4.78, 5) is 0. The summed E-state index contributed by atoms with van der Waals surface area (Å²) in [6.07, 6.45) is 0. The van der Waals surface area contributed by atoms with E-state index in [-0.39, 0.29) is 0 Å². The van der Waals surface area contributed by atoms with E-state index in [1.807, 2.05) is 24.3 Å². The summed E-state index contributed by atoms with van der Waals surface area (Å²) in [7, 11) is -0.793. The van der Waals surface area contributed by atoms with Gasteiger partial charge in [-0.3, -0.25) is 0 Å². The molecule has 7 aromatic rings. The zero-order chi connectivity index (χ0) is 26.2. The molecule has 0 fully saturated rings. The van der Waals surface area contributed by atoms with Crippen LogP contribution in [0.5, 0.6) is 23.0 Å². The van der Waals surface area contributed by atoms with Gasteiger partial charge in [0.25, 0.3) is 0 Å². The highest BCUT2D eigenvalue weighted by atomic mass is 31.1. The third-order valence-electron chi connectivity index (χ3n) is 7.87. The molecule has 1 aromatic heterocycles. The average molecular weight is 533 g/mol. The summed E-state index contributed by atoms with van der Waals surface area (Å²) in [6.45, 7) is 0. The van der Waals surface area contributed by atoms with Gasteiger partial charge in [-0.05, 0) is 41.5 Å². The van der Waals surface area contributed by atoms with Crippen LogP contribution in [0.15, 0.2) is 132 Å². The number of para-hydroxylation sites is 4. The number of fused-ring (bicyclic) bond motifs is 7. The molecule has 3 heterocycles. The van der Waals surface area contributed by atoms with Crippen molar-refractivity contribution in [3.63, 3.8) is 0 Å². The predicted octanol–water partition coefficient (Wildman–Crippen LogP) is 8.89. The van der Waals surface area contributed by atoms with Crippen LogP contribution in [0, 0.1) is 0 Å². The topological polar surface area (TPSA) is 31.6 Å². The first-order valence-corrected chi connectivity index (χ1v) is 14.7. The van der Waals surface area contributed by atoms with Crippen molar-refractivity contribution in [3.05, 3.63) is 127 Å². The molecule has 1 atom stereocenters. The Hall–Kier alpha value is -4.85. The molecule has 40 heavy (non-hydrogen) atoms. The number of ether oxygens (including phenoxy) is 2. The van der Waals surface area contributed by atoms with E-state index in [1.54, 1.807) is 0 Å². The van der Waals surface area contributed by atoms with Crippen LogP contribution in [0.3, 0.4) is 0 Å². The third-order valence-corrected chi connectivity index (χ3v) is 10.4. The Kier molecular flexibility index (Phi) is 4.58. The molecule has 2 aliphatic rings. The van der Waals surface area contributed by atoms with Gasteiger partial charge < -0.3 is 13.9 Å². The first-order chi connectivity index (χ1) is 19.8. The lowest BCUT2D eigenvalue weighted by Crippen LogP contribution is -2.32. The van der Waals surface area contributed by atoms with E-state index >= 15 is 0 Å². The fourth-order valence-electron chi connectivity index (χ4n) is 6.04. The monoisotopic (exact) mass is 532 g/mol. The third kappa shape index (κ3) is 3.10. The lowest BCUT2D eigenvalue weighted by molar-refractivity contribution is 0.467. The standard InChI is InChI=1S/C36H21O3P/c1-2-11-28-26(8-1)27-10-7-9-24(34(27)38-28)22-16-18-23(19-17-22)25-20-21-31-36-35(25)39-30-13-4-6-15-33(30)40(36)32-14-5-3-12-29(32)37-31/h1-21H. The molecule has 1 unspecified atom stereocenters. The van der Waals surface area contributed by atoms with Crippen LogP contribution in [0.1, 0.15) is 0 Å². The highest BCUT2D eigenvalue weighted by Gasteiger charge is 2.38. The van der Waals surface area contributed by atoms with Crippen LogP contribution >= 0.6 is 7.92 Å². The van der Waals surface area contributed by atoms with Crippen LogP contribution in [0.25, 0.3) is 44.2 Å². The van der Waals surface area contributed by atoms with Gasteiger partial charge in [-0.15, -0.1) is 0 Å². The van der Waals surface area contributed by atoms with Gasteiger partial charge in [0.05, 0.1) is 5.30 Å². The van der Waals surface area contributed by atoms with Crippen molar-refractivity contribution in [2.24, 2.45) is 0 Å². The highest BCUT2D eigenvalue weighted by molar-refractivity contribution is 7.80. The zero-order valence-corrected chi connectivity index (χ0v) is 22.2. The van der Waals surface area contributed by atoms with Gasteiger partial charge in [0.1, 0.15) is 34.2 Å². The van der Waals surface area contributed by atoms with Crippen molar-refractivity contribution in [2.45, 2.75) is 0 Å². The Morgan fingerprint density at radius 3 is 1.90 bits per heavy atom. The van der Waals surface area contributed by atoms with E-state index < -0.39 is 7.92 Å². The molecule has 0 aliphatic carbocycles. The first kappa shape index (κ1) is 22.0. The Labute approximate surface area is 232 Å². The fourth-order valence-corrected chi connectivity index (χ4v) is 8.64. The molecule has 4 heteroatoms. The second-order valence-electron chi connectivity index (χ2n) is 10.1. The molecule has 0 radical (unpaired) electrons. The predicted molar refractivity (Wildman–Crippen MR) is 163 cm³/mol. The van der Waals surface area contributed by atoms with E-state index in [9.17, 15) is 0 Å². The summed E-state index contributed by atoms with van der Waals surface area (Å²) < 4.78 is 19.4. The Balaban J connectivity index is 1.19. The zero-order valence-electron chi connectivity index (χ0n) is 21.3. The quantitative estimate of drug-likeness (QED) is 0.208. The number of benzene rings is 6. The van der Waals surface area contributed by atoms with E-state index in [4.69, 9.17) is 13.9 Å². The van der Waals surface area contributed by atoms with E-state index in [1.165, 1.54) is 10.6 Å². The molecular formula is C36H21O3P. The minimum atomic E-state index is -0.793. The van der Waals surface area contributed by atoms with Crippen LogP contribution in [-0.4, -0.2) is 0 Å². The molecule has 0 saturated carbocycles. The molecule has 0 bridgehead atoms. The highest BCUT2D eigenvalue weighted by Crippen LogP contribution is 2.54. The van der Waals surface area contributed by atoms with Crippen LogP contribution in [0.4, 0.5) is 0 Å².